The average Bonchev–Trinajstić information content (AvgIpc) is 2.78. The first-order chi connectivity index (χ1) is 7.79. The van der Waals surface area contributed by atoms with Crippen LogP contribution in [0.15, 0.2) is 30.3 Å². The van der Waals surface area contributed by atoms with Crippen molar-refractivity contribution >= 4 is 0 Å². The second-order valence-corrected chi connectivity index (χ2v) is 4.84. The SMILES string of the molecule is CCC(N)[C@@H]1CCN(Cc2ccccc2)C1. The van der Waals surface area contributed by atoms with Gasteiger partial charge in [-0.15, -0.1) is 0 Å². The molecular weight excluding hydrogens is 196 g/mol. The van der Waals surface area contributed by atoms with Crippen LogP contribution in [0.4, 0.5) is 0 Å². The van der Waals surface area contributed by atoms with Gasteiger partial charge >= 0.3 is 0 Å². The zero-order chi connectivity index (χ0) is 11.4. The van der Waals surface area contributed by atoms with Crippen molar-refractivity contribution in [2.24, 2.45) is 11.7 Å². The molecule has 0 spiro atoms. The molecule has 0 saturated carbocycles. The monoisotopic (exact) mass is 218 g/mol. The molecule has 0 radical (unpaired) electrons. The molecule has 16 heavy (non-hydrogen) atoms. The average molecular weight is 218 g/mol. The molecule has 1 aromatic rings. The van der Waals surface area contributed by atoms with Crippen molar-refractivity contribution in [3.05, 3.63) is 35.9 Å². The van der Waals surface area contributed by atoms with Crippen molar-refractivity contribution in [2.45, 2.75) is 32.4 Å². The van der Waals surface area contributed by atoms with Gasteiger partial charge in [0.25, 0.3) is 0 Å². The van der Waals surface area contributed by atoms with Gasteiger partial charge in [-0.05, 0) is 30.9 Å². The zero-order valence-corrected chi connectivity index (χ0v) is 10.1. The maximum atomic E-state index is 6.11. The summed E-state index contributed by atoms with van der Waals surface area (Å²) < 4.78 is 0. The first-order valence-corrected chi connectivity index (χ1v) is 6.31. The van der Waals surface area contributed by atoms with E-state index in [2.05, 4.69) is 42.2 Å². The third-order valence-electron chi connectivity index (χ3n) is 3.63. The van der Waals surface area contributed by atoms with Gasteiger partial charge in [0.2, 0.25) is 0 Å². The third-order valence-corrected chi connectivity index (χ3v) is 3.63. The highest BCUT2D eigenvalue weighted by Gasteiger charge is 2.26. The molecule has 1 aromatic carbocycles. The van der Waals surface area contributed by atoms with Crippen LogP contribution in [0, 0.1) is 5.92 Å². The van der Waals surface area contributed by atoms with Crippen LogP contribution in [-0.2, 0) is 6.54 Å². The lowest BCUT2D eigenvalue weighted by Gasteiger charge is -2.19. The number of hydrogen-bond donors (Lipinski definition) is 1. The number of nitrogens with zero attached hydrogens (tertiary/aromatic N) is 1. The van der Waals surface area contributed by atoms with Gasteiger partial charge < -0.3 is 5.73 Å². The first kappa shape index (κ1) is 11.6. The smallest absolute Gasteiger partial charge is 0.0233 e. The Kier molecular flexibility index (Phi) is 3.97. The fraction of sp³-hybridized carbons (Fsp3) is 0.571. The highest BCUT2D eigenvalue weighted by atomic mass is 15.1. The summed E-state index contributed by atoms with van der Waals surface area (Å²) in [7, 11) is 0. The van der Waals surface area contributed by atoms with Crippen LogP contribution in [0.2, 0.25) is 0 Å². The number of benzene rings is 1. The van der Waals surface area contributed by atoms with Gasteiger partial charge in [0.05, 0.1) is 0 Å². The summed E-state index contributed by atoms with van der Waals surface area (Å²) in [5.74, 6) is 0.703. The van der Waals surface area contributed by atoms with E-state index in [1.807, 2.05) is 0 Å². The molecule has 0 aliphatic carbocycles. The van der Waals surface area contributed by atoms with E-state index in [1.54, 1.807) is 0 Å². The first-order valence-electron chi connectivity index (χ1n) is 6.31. The van der Waals surface area contributed by atoms with Crippen LogP contribution in [0.3, 0.4) is 0 Å². The van der Waals surface area contributed by atoms with Gasteiger partial charge in [-0.25, -0.2) is 0 Å². The molecular formula is C14H22N2. The highest BCUT2D eigenvalue weighted by Crippen LogP contribution is 2.21. The molecule has 1 saturated heterocycles. The van der Waals surface area contributed by atoms with E-state index in [0.717, 1.165) is 13.0 Å². The van der Waals surface area contributed by atoms with Crippen LogP contribution in [0.5, 0.6) is 0 Å². The van der Waals surface area contributed by atoms with Crippen molar-refractivity contribution in [1.82, 2.24) is 4.90 Å². The second-order valence-electron chi connectivity index (χ2n) is 4.84. The number of likely N-dealkylation sites (tertiary alicyclic amines) is 1. The van der Waals surface area contributed by atoms with E-state index < -0.39 is 0 Å². The Morgan fingerprint density at radius 3 is 2.81 bits per heavy atom. The summed E-state index contributed by atoms with van der Waals surface area (Å²) in [5.41, 5.74) is 7.52. The van der Waals surface area contributed by atoms with Crippen molar-refractivity contribution < 1.29 is 0 Å². The largest absolute Gasteiger partial charge is 0.327 e. The molecule has 1 aliphatic rings. The minimum Gasteiger partial charge on any atom is -0.327 e. The Labute approximate surface area is 98.4 Å². The van der Waals surface area contributed by atoms with E-state index >= 15 is 0 Å². The molecule has 2 nitrogen and oxygen atoms in total. The molecule has 1 heterocycles. The molecule has 1 aliphatic heterocycles. The summed E-state index contributed by atoms with van der Waals surface area (Å²) in [6, 6.07) is 11.1. The van der Waals surface area contributed by atoms with Crippen LogP contribution in [0.25, 0.3) is 0 Å². The fourth-order valence-electron chi connectivity index (χ4n) is 2.53. The zero-order valence-electron chi connectivity index (χ0n) is 10.1. The quantitative estimate of drug-likeness (QED) is 0.840. The van der Waals surface area contributed by atoms with E-state index in [-0.39, 0.29) is 0 Å². The summed E-state index contributed by atoms with van der Waals surface area (Å²) in [6.45, 7) is 5.63. The maximum Gasteiger partial charge on any atom is 0.0233 e. The lowest BCUT2D eigenvalue weighted by molar-refractivity contribution is 0.304. The van der Waals surface area contributed by atoms with E-state index in [4.69, 9.17) is 5.73 Å². The van der Waals surface area contributed by atoms with E-state index in [9.17, 15) is 0 Å². The van der Waals surface area contributed by atoms with Gasteiger partial charge in [0, 0.05) is 19.1 Å². The Hall–Kier alpha value is -0.860. The maximum absolute atomic E-state index is 6.11. The highest BCUT2D eigenvalue weighted by molar-refractivity contribution is 5.14. The fourth-order valence-corrected chi connectivity index (χ4v) is 2.53. The normalized spacial score (nSPS) is 23.5. The Balaban J connectivity index is 1.85. The molecule has 0 amide bonds. The summed E-state index contributed by atoms with van der Waals surface area (Å²) in [5, 5.41) is 0. The van der Waals surface area contributed by atoms with Crippen molar-refractivity contribution in [1.29, 1.82) is 0 Å². The van der Waals surface area contributed by atoms with Gasteiger partial charge in [-0.1, -0.05) is 37.3 Å². The van der Waals surface area contributed by atoms with Crippen LogP contribution in [0.1, 0.15) is 25.3 Å². The number of nitrogens with two attached hydrogens (primary N) is 1. The van der Waals surface area contributed by atoms with Crippen molar-refractivity contribution in [3.63, 3.8) is 0 Å². The molecule has 2 rings (SSSR count). The predicted octanol–water partition coefficient (Wildman–Crippen LogP) is 2.25. The second kappa shape index (κ2) is 5.46. The van der Waals surface area contributed by atoms with Gasteiger partial charge in [0.15, 0.2) is 0 Å². The van der Waals surface area contributed by atoms with E-state index in [1.165, 1.54) is 25.1 Å². The number of rotatable bonds is 4. The number of hydrogen-bond acceptors (Lipinski definition) is 2. The van der Waals surface area contributed by atoms with Gasteiger partial charge in [-0.3, -0.25) is 4.90 Å². The molecule has 2 atom stereocenters. The van der Waals surface area contributed by atoms with Crippen molar-refractivity contribution in [2.75, 3.05) is 13.1 Å². The lowest BCUT2D eigenvalue weighted by atomic mass is 9.98. The standard InChI is InChI=1S/C14H22N2/c1-2-14(15)13-8-9-16(11-13)10-12-6-4-3-5-7-12/h3-7,13-14H,2,8-11,15H2,1H3/t13-,14?/m1/s1. The predicted molar refractivity (Wildman–Crippen MR) is 68.1 cm³/mol. The summed E-state index contributed by atoms with van der Waals surface area (Å²) >= 11 is 0. The molecule has 1 fully saturated rings. The molecule has 2 N–H and O–H groups in total. The Morgan fingerprint density at radius 2 is 2.12 bits per heavy atom. The van der Waals surface area contributed by atoms with E-state index in [0.29, 0.717) is 12.0 Å². The summed E-state index contributed by atoms with van der Waals surface area (Å²) in [4.78, 5) is 2.52. The lowest BCUT2D eigenvalue weighted by Crippen LogP contribution is -2.31. The van der Waals surface area contributed by atoms with Gasteiger partial charge in [0.1, 0.15) is 0 Å². The Bertz CT molecular complexity index is 310. The molecule has 0 aromatic heterocycles. The van der Waals surface area contributed by atoms with Gasteiger partial charge in [-0.2, -0.15) is 0 Å². The minimum atomic E-state index is 0.390. The van der Waals surface area contributed by atoms with Crippen molar-refractivity contribution in [3.8, 4) is 0 Å². The molecule has 1 unspecified atom stereocenters. The minimum absolute atomic E-state index is 0.390. The van der Waals surface area contributed by atoms with Crippen LogP contribution in [-0.4, -0.2) is 24.0 Å². The Morgan fingerprint density at radius 1 is 1.38 bits per heavy atom. The molecule has 88 valence electrons. The topological polar surface area (TPSA) is 29.3 Å². The summed E-state index contributed by atoms with van der Waals surface area (Å²) in [6.07, 6.45) is 2.37. The van der Waals surface area contributed by atoms with Crippen LogP contribution >= 0.6 is 0 Å². The third kappa shape index (κ3) is 2.83. The van der Waals surface area contributed by atoms with Crippen LogP contribution < -0.4 is 5.73 Å². The molecule has 0 bridgehead atoms. The molecule has 2 heteroatoms.